The molecule has 0 aliphatic carbocycles. The summed E-state index contributed by atoms with van der Waals surface area (Å²) in [7, 11) is -3.89. The fourth-order valence-electron chi connectivity index (χ4n) is 2.12. The van der Waals surface area contributed by atoms with Crippen LogP contribution in [0.3, 0.4) is 0 Å². The number of anilines is 1. The Morgan fingerprint density at radius 1 is 1.00 bits per heavy atom. The molecule has 2 aromatic carbocycles. The number of non-ortho nitro benzene ring substituents is 1. The highest BCUT2D eigenvalue weighted by atomic mass is 32.2. The summed E-state index contributed by atoms with van der Waals surface area (Å²) in [5, 5.41) is 10.8. The quantitative estimate of drug-likeness (QED) is 0.691. The monoisotopic (exact) mass is 320 g/mol. The van der Waals surface area contributed by atoms with Crippen LogP contribution in [0.4, 0.5) is 11.4 Å². The van der Waals surface area contributed by atoms with Gasteiger partial charge in [0.2, 0.25) is 0 Å². The molecule has 0 aromatic heterocycles. The van der Waals surface area contributed by atoms with Gasteiger partial charge in [-0.1, -0.05) is 23.8 Å². The number of benzene rings is 2. The molecule has 6 nitrogen and oxygen atoms in total. The van der Waals surface area contributed by atoms with Gasteiger partial charge in [-0.25, -0.2) is 8.42 Å². The number of aryl methyl sites for hydroxylation is 3. The predicted molar refractivity (Wildman–Crippen MR) is 84.6 cm³/mol. The lowest BCUT2D eigenvalue weighted by molar-refractivity contribution is -0.385. The second kappa shape index (κ2) is 5.76. The molecule has 0 saturated carbocycles. The van der Waals surface area contributed by atoms with Crippen LogP contribution in [0.2, 0.25) is 0 Å². The van der Waals surface area contributed by atoms with Gasteiger partial charge in [-0.15, -0.1) is 0 Å². The summed E-state index contributed by atoms with van der Waals surface area (Å²) in [5.41, 5.74) is 2.45. The number of nitrogens with zero attached hydrogens (tertiary/aromatic N) is 1. The van der Waals surface area contributed by atoms with Gasteiger partial charge in [0.05, 0.1) is 15.5 Å². The number of hydrogen-bond donors (Lipinski definition) is 1. The van der Waals surface area contributed by atoms with Crippen molar-refractivity contribution in [2.75, 3.05) is 4.72 Å². The molecule has 0 radical (unpaired) electrons. The van der Waals surface area contributed by atoms with Gasteiger partial charge in [-0.05, 0) is 38.0 Å². The van der Waals surface area contributed by atoms with Gasteiger partial charge in [-0.2, -0.15) is 0 Å². The number of nitro groups is 1. The smallest absolute Gasteiger partial charge is 0.270 e. The molecule has 0 fully saturated rings. The first-order chi connectivity index (χ1) is 10.2. The molecule has 2 rings (SSSR count). The van der Waals surface area contributed by atoms with Crippen LogP contribution >= 0.6 is 0 Å². The van der Waals surface area contributed by atoms with Crippen LogP contribution in [0.1, 0.15) is 16.7 Å². The van der Waals surface area contributed by atoms with Crippen molar-refractivity contribution in [2.24, 2.45) is 0 Å². The zero-order valence-electron chi connectivity index (χ0n) is 12.5. The summed E-state index contributed by atoms with van der Waals surface area (Å²) >= 11 is 0. The van der Waals surface area contributed by atoms with Crippen LogP contribution < -0.4 is 4.72 Å². The van der Waals surface area contributed by atoms with Crippen LogP contribution in [0.25, 0.3) is 0 Å². The molecule has 0 bridgehead atoms. The van der Waals surface area contributed by atoms with Gasteiger partial charge >= 0.3 is 0 Å². The van der Waals surface area contributed by atoms with Gasteiger partial charge < -0.3 is 0 Å². The van der Waals surface area contributed by atoms with E-state index in [0.717, 1.165) is 17.2 Å². The van der Waals surface area contributed by atoms with Crippen molar-refractivity contribution in [3.8, 4) is 0 Å². The van der Waals surface area contributed by atoms with Crippen molar-refractivity contribution in [1.82, 2.24) is 0 Å². The van der Waals surface area contributed by atoms with E-state index in [1.807, 2.05) is 13.0 Å². The maximum absolute atomic E-state index is 12.5. The van der Waals surface area contributed by atoms with Crippen LogP contribution in [0.15, 0.2) is 41.3 Å². The summed E-state index contributed by atoms with van der Waals surface area (Å²) in [6.07, 6.45) is 0. The van der Waals surface area contributed by atoms with E-state index in [4.69, 9.17) is 0 Å². The van der Waals surface area contributed by atoms with Crippen molar-refractivity contribution >= 4 is 21.4 Å². The van der Waals surface area contributed by atoms with Crippen molar-refractivity contribution in [3.05, 3.63) is 63.2 Å². The number of nitrogens with one attached hydrogen (secondary N) is 1. The Bertz CT molecular complexity index is 845. The molecule has 7 heteroatoms. The number of rotatable bonds is 4. The van der Waals surface area contributed by atoms with E-state index < -0.39 is 14.9 Å². The fourth-order valence-corrected chi connectivity index (χ4v) is 3.52. The van der Waals surface area contributed by atoms with E-state index in [1.165, 1.54) is 12.1 Å². The Morgan fingerprint density at radius 2 is 1.68 bits per heavy atom. The predicted octanol–water partition coefficient (Wildman–Crippen LogP) is 3.32. The van der Waals surface area contributed by atoms with Crippen LogP contribution in [0.5, 0.6) is 0 Å². The van der Waals surface area contributed by atoms with Crippen molar-refractivity contribution in [2.45, 2.75) is 25.7 Å². The lowest BCUT2D eigenvalue weighted by atomic mass is 10.1. The molecule has 116 valence electrons. The normalized spacial score (nSPS) is 11.2. The van der Waals surface area contributed by atoms with Crippen LogP contribution in [0, 0.1) is 30.9 Å². The SMILES string of the molecule is Cc1ccc(NS(=O)(=O)c2cc([N+](=O)[O-])ccc2C)c(C)c1. The average molecular weight is 320 g/mol. The molecule has 0 spiro atoms. The Hall–Kier alpha value is -2.41. The summed E-state index contributed by atoms with van der Waals surface area (Å²) in [4.78, 5) is 10.1. The third-order valence-electron chi connectivity index (χ3n) is 3.30. The minimum Gasteiger partial charge on any atom is -0.279 e. The summed E-state index contributed by atoms with van der Waals surface area (Å²) < 4.78 is 27.5. The van der Waals surface area contributed by atoms with Crippen molar-refractivity contribution in [1.29, 1.82) is 0 Å². The highest BCUT2D eigenvalue weighted by Crippen LogP contribution is 2.25. The lowest BCUT2D eigenvalue weighted by Gasteiger charge is -2.12. The Balaban J connectivity index is 2.46. The molecule has 0 aliphatic rings. The Labute approximate surface area is 129 Å². The second-order valence-electron chi connectivity index (χ2n) is 5.13. The van der Waals surface area contributed by atoms with E-state index in [-0.39, 0.29) is 10.6 Å². The first-order valence-electron chi connectivity index (χ1n) is 6.56. The standard InChI is InChI=1S/C15H16N2O4S/c1-10-4-7-14(12(3)8-10)16-22(20,21)15-9-13(17(18)19)6-5-11(15)2/h4-9,16H,1-3H3. The first kappa shape index (κ1) is 16.0. The van der Waals surface area contributed by atoms with Crippen LogP contribution in [-0.2, 0) is 10.0 Å². The topological polar surface area (TPSA) is 89.3 Å². The summed E-state index contributed by atoms with van der Waals surface area (Å²) in [6.45, 7) is 5.31. The molecular weight excluding hydrogens is 304 g/mol. The average Bonchev–Trinajstić information content (AvgIpc) is 2.42. The maximum atomic E-state index is 12.5. The first-order valence-corrected chi connectivity index (χ1v) is 8.04. The fraction of sp³-hybridized carbons (Fsp3) is 0.200. The summed E-state index contributed by atoms with van der Waals surface area (Å²) in [6, 6.07) is 9.11. The number of nitro benzene ring substituents is 1. The molecule has 0 unspecified atom stereocenters. The van der Waals surface area contributed by atoms with Gasteiger partial charge in [-0.3, -0.25) is 14.8 Å². The van der Waals surface area contributed by atoms with Gasteiger partial charge in [0.15, 0.2) is 0 Å². The van der Waals surface area contributed by atoms with E-state index >= 15 is 0 Å². The minimum atomic E-state index is -3.89. The number of sulfonamides is 1. The maximum Gasteiger partial charge on any atom is 0.270 e. The molecule has 0 amide bonds. The Kier molecular flexibility index (Phi) is 4.18. The Morgan fingerprint density at radius 3 is 2.27 bits per heavy atom. The minimum absolute atomic E-state index is 0.0957. The molecular formula is C15H16N2O4S. The highest BCUT2D eigenvalue weighted by Gasteiger charge is 2.21. The second-order valence-corrected chi connectivity index (χ2v) is 6.78. The molecule has 0 atom stereocenters. The lowest BCUT2D eigenvalue weighted by Crippen LogP contribution is -2.15. The van der Waals surface area contributed by atoms with E-state index in [0.29, 0.717) is 11.3 Å². The number of hydrogen-bond acceptors (Lipinski definition) is 4. The van der Waals surface area contributed by atoms with E-state index in [9.17, 15) is 18.5 Å². The summed E-state index contributed by atoms with van der Waals surface area (Å²) in [5.74, 6) is 0. The van der Waals surface area contributed by atoms with Crippen LogP contribution in [-0.4, -0.2) is 13.3 Å². The van der Waals surface area contributed by atoms with Gasteiger partial charge in [0, 0.05) is 12.1 Å². The zero-order valence-corrected chi connectivity index (χ0v) is 13.3. The molecule has 1 N–H and O–H groups in total. The van der Waals surface area contributed by atoms with E-state index in [1.54, 1.807) is 26.0 Å². The van der Waals surface area contributed by atoms with E-state index in [2.05, 4.69) is 4.72 Å². The van der Waals surface area contributed by atoms with Gasteiger partial charge in [0.1, 0.15) is 0 Å². The molecule has 0 saturated heterocycles. The van der Waals surface area contributed by atoms with Gasteiger partial charge in [0.25, 0.3) is 15.7 Å². The third-order valence-corrected chi connectivity index (χ3v) is 4.81. The third kappa shape index (κ3) is 3.25. The molecule has 0 aliphatic heterocycles. The van der Waals surface area contributed by atoms with Crippen molar-refractivity contribution < 1.29 is 13.3 Å². The largest absolute Gasteiger partial charge is 0.279 e. The molecule has 2 aromatic rings. The molecule has 22 heavy (non-hydrogen) atoms. The zero-order chi connectivity index (χ0) is 16.5. The molecule has 0 heterocycles. The van der Waals surface area contributed by atoms with Crippen molar-refractivity contribution in [3.63, 3.8) is 0 Å². The highest BCUT2D eigenvalue weighted by molar-refractivity contribution is 7.92.